The molecule has 0 bridgehead atoms. The van der Waals surface area contributed by atoms with Crippen LogP contribution in [0.4, 0.5) is 0 Å². The zero-order valence-corrected chi connectivity index (χ0v) is 16.3. The van der Waals surface area contributed by atoms with Crippen molar-refractivity contribution in [2.75, 3.05) is 13.1 Å². The third-order valence-corrected chi connectivity index (χ3v) is 5.13. The summed E-state index contributed by atoms with van der Waals surface area (Å²) in [5, 5.41) is 4.62. The molecule has 0 saturated carbocycles. The summed E-state index contributed by atoms with van der Waals surface area (Å²) < 4.78 is 1.87. The highest BCUT2D eigenvalue weighted by atomic mass is 16.2. The fourth-order valence-corrected chi connectivity index (χ4v) is 3.79. The van der Waals surface area contributed by atoms with Crippen LogP contribution in [-0.4, -0.2) is 39.5 Å². The van der Waals surface area contributed by atoms with E-state index in [1.807, 2.05) is 49.7 Å². The number of aromatic nitrogens is 2. The van der Waals surface area contributed by atoms with Crippen molar-refractivity contribution < 1.29 is 9.59 Å². The Balaban J connectivity index is 1.98. The number of ketones is 1. The first kappa shape index (κ1) is 18.4. The monoisotopic (exact) mass is 353 g/mol. The van der Waals surface area contributed by atoms with E-state index in [-0.39, 0.29) is 17.1 Å². The molecule has 0 saturated heterocycles. The van der Waals surface area contributed by atoms with Crippen LogP contribution in [0.25, 0.3) is 5.69 Å². The van der Waals surface area contributed by atoms with Gasteiger partial charge in [0.1, 0.15) is 0 Å². The Kier molecular flexibility index (Phi) is 4.74. The van der Waals surface area contributed by atoms with Gasteiger partial charge in [-0.1, -0.05) is 13.8 Å². The number of benzene rings is 1. The summed E-state index contributed by atoms with van der Waals surface area (Å²) in [6.07, 6.45) is 1.37. The van der Waals surface area contributed by atoms with Crippen molar-refractivity contribution in [3.05, 3.63) is 46.8 Å². The van der Waals surface area contributed by atoms with Gasteiger partial charge < -0.3 is 4.90 Å². The molecule has 1 amide bonds. The maximum Gasteiger partial charge on any atom is 0.253 e. The predicted octanol–water partition coefficient (Wildman–Crippen LogP) is 3.82. The van der Waals surface area contributed by atoms with Gasteiger partial charge >= 0.3 is 0 Å². The molecule has 1 aromatic carbocycles. The average molecular weight is 353 g/mol. The minimum atomic E-state index is -0.0625. The summed E-state index contributed by atoms with van der Waals surface area (Å²) in [7, 11) is 0. The molecule has 0 atom stereocenters. The van der Waals surface area contributed by atoms with Crippen molar-refractivity contribution in [2.45, 2.75) is 47.5 Å². The van der Waals surface area contributed by atoms with Gasteiger partial charge in [-0.25, -0.2) is 4.68 Å². The number of amides is 1. The summed E-state index contributed by atoms with van der Waals surface area (Å²) in [5.74, 6) is 0.213. The Morgan fingerprint density at radius 2 is 1.77 bits per heavy atom. The minimum absolute atomic E-state index is 0.0385. The maximum atomic E-state index is 12.5. The molecule has 1 heterocycles. The molecule has 1 aromatic heterocycles. The van der Waals surface area contributed by atoms with Gasteiger partial charge in [0, 0.05) is 25.1 Å². The number of nitrogens with zero attached hydrogens (tertiary/aromatic N) is 3. The van der Waals surface area contributed by atoms with Crippen LogP contribution in [0.1, 0.15) is 66.2 Å². The summed E-state index contributed by atoms with van der Waals surface area (Å²) in [4.78, 5) is 26.8. The van der Waals surface area contributed by atoms with Crippen LogP contribution in [0, 0.1) is 12.3 Å². The molecule has 1 aliphatic rings. The number of hydrogen-bond acceptors (Lipinski definition) is 3. The molecule has 0 spiro atoms. The molecule has 5 heteroatoms. The number of aryl methyl sites for hydroxylation is 1. The Hall–Kier alpha value is -2.43. The van der Waals surface area contributed by atoms with Crippen LogP contribution in [-0.2, 0) is 6.42 Å². The lowest BCUT2D eigenvalue weighted by Gasteiger charge is -2.29. The first-order valence-electron chi connectivity index (χ1n) is 9.28. The fraction of sp³-hybridized carbons (Fsp3) is 0.476. The van der Waals surface area contributed by atoms with Crippen molar-refractivity contribution in [1.29, 1.82) is 0 Å². The smallest absolute Gasteiger partial charge is 0.253 e. The van der Waals surface area contributed by atoms with Crippen LogP contribution in [0.5, 0.6) is 0 Å². The second-order valence-electron chi connectivity index (χ2n) is 7.78. The van der Waals surface area contributed by atoms with Crippen LogP contribution in [0.3, 0.4) is 0 Å². The van der Waals surface area contributed by atoms with Crippen molar-refractivity contribution in [3.8, 4) is 5.69 Å². The highest BCUT2D eigenvalue weighted by Gasteiger charge is 2.35. The van der Waals surface area contributed by atoms with E-state index in [1.54, 1.807) is 4.90 Å². The van der Waals surface area contributed by atoms with Gasteiger partial charge in [0.15, 0.2) is 5.78 Å². The molecule has 2 aromatic rings. The van der Waals surface area contributed by atoms with Gasteiger partial charge in [-0.15, -0.1) is 0 Å². The summed E-state index contributed by atoms with van der Waals surface area (Å²) >= 11 is 0. The first-order valence-corrected chi connectivity index (χ1v) is 9.28. The second kappa shape index (κ2) is 6.71. The minimum Gasteiger partial charge on any atom is -0.339 e. The molecule has 26 heavy (non-hydrogen) atoms. The van der Waals surface area contributed by atoms with Crippen molar-refractivity contribution >= 4 is 11.7 Å². The number of fused-ring (bicyclic) bond motifs is 1. The molecule has 0 fully saturated rings. The SMILES string of the molecule is CCN(CC)C(=O)c1ccc(-n2nc(C)c3c2CC(C)(C)CC3=O)cc1. The molecule has 1 aliphatic carbocycles. The molecule has 3 rings (SSSR count). The number of Topliss-reactive ketones (excluding diaryl/α,β-unsaturated/α-hetero) is 1. The van der Waals surface area contributed by atoms with E-state index in [1.165, 1.54) is 0 Å². The molecule has 0 unspecified atom stereocenters. The van der Waals surface area contributed by atoms with Crippen molar-refractivity contribution in [1.82, 2.24) is 14.7 Å². The van der Waals surface area contributed by atoms with E-state index in [9.17, 15) is 9.59 Å². The molecule has 0 radical (unpaired) electrons. The van der Waals surface area contributed by atoms with E-state index < -0.39 is 0 Å². The summed E-state index contributed by atoms with van der Waals surface area (Å²) in [6, 6.07) is 7.51. The Morgan fingerprint density at radius 1 is 1.15 bits per heavy atom. The lowest BCUT2D eigenvalue weighted by atomic mass is 9.75. The van der Waals surface area contributed by atoms with Gasteiger partial charge in [0.2, 0.25) is 0 Å². The van der Waals surface area contributed by atoms with Crippen LogP contribution in [0.15, 0.2) is 24.3 Å². The lowest BCUT2D eigenvalue weighted by Crippen LogP contribution is -2.30. The number of rotatable bonds is 4. The highest BCUT2D eigenvalue weighted by molar-refractivity contribution is 6.00. The maximum absolute atomic E-state index is 12.5. The molecule has 0 N–H and O–H groups in total. The zero-order chi connectivity index (χ0) is 19.1. The average Bonchev–Trinajstić information content (AvgIpc) is 2.91. The van der Waals surface area contributed by atoms with Gasteiger partial charge in [-0.3, -0.25) is 9.59 Å². The zero-order valence-electron chi connectivity index (χ0n) is 16.3. The van der Waals surface area contributed by atoms with E-state index in [4.69, 9.17) is 0 Å². The molecular formula is C21H27N3O2. The van der Waals surface area contributed by atoms with Gasteiger partial charge in [0.25, 0.3) is 5.91 Å². The second-order valence-corrected chi connectivity index (χ2v) is 7.78. The number of hydrogen-bond donors (Lipinski definition) is 0. The van der Waals surface area contributed by atoms with Gasteiger partial charge in [-0.05, 0) is 56.9 Å². The largest absolute Gasteiger partial charge is 0.339 e. The van der Waals surface area contributed by atoms with E-state index in [2.05, 4.69) is 18.9 Å². The van der Waals surface area contributed by atoms with E-state index in [0.717, 1.165) is 29.1 Å². The number of carbonyl (C=O) groups excluding carboxylic acids is 2. The van der Waals surface area contributed by atoms with Crippen molar-refractivity contribution in [2.24, 2.45) is 5.41 Å². The first-order chi connectivity index (χ1) is 12.3. The highest BCUT2D eigenvalue weighted by Crippen LogP contribution is 2.36. The standard InChI is InChI=1S/C21H27N3O2/c1-6-23(7-2)20(26)15-8-10-16(11-9-15)24-17-12-21(4,5)13-18(25)19(17)14(3)22-24/h8-11H,6-7,12-13H2,1-5H3. The van der Waals surface area contributed by atoms with E-state index in [0.29, 0.717) is 25.1 Å². The third kappa shape index (κ3) is 3.18. The quantitative estimate of drug-likeness (QED) is 0.840. The predicted molar refractivity (Wildman–Crippen MR) is 102 cm³/mol. The number of carbonyl (C=O) groups is 2. The van der Waals surface area contributed by atoms with Crippen LogP contribution < -0.4 is 0 Å². The summed E-state index contributed by atoms with van der Waals surface area (Å²) in [6.45, 7) is 11.5. The van der Waals surface area contributed by atoms with Crippen molar-refractivity contribution in [3.63, 3.8) is 0 Å². The Morgan fingerprint density at radius 3 is 2.35 bits per heavy atom. The molecular weight excluding hydrogens is 326 g/mol. The molecule has 138 valence electrons. The molecule has 5 nitrogen and oxygen atoms in total. The molecule has 0 aliphatic heterocycles. The summed E-state index contributed by atoms with van der Waals surface area (Å²) in [5.41, 5.74) is 4.03. The van der Waals surface area contributed by atoms with E-state index >= 15 is 0 Å². The Labute approximate surface area is 155 Å². The van der Waals surface area contributed by atoms with Gasteiger partial charge in [0.05, 0.1) is 22.6 Å². The van der Waals surface area contributed by atoms with Crippen LogP contribution in [0.2, 0.25) is 0 Å². The normalized spacial score (nSPS) is 15.7. The van der Waals surface area contributed by atoms with Crippen LogP contribution >= 0.6 is 0 Å². The van der Waals surface area contributed by atoms with Gasteiger partial charge in [-0.2, -0.15) is 5.10 Å². The lowest BCUT2D eigenvalue weighted by molar-refractivity contribution is 0.0772. The fourth-order valence-electron chi connectivity index (χ4n) is 3.79. The topological polar surface area (TPSA) is 55.2 Å². The third-order valence-electron chi connectivity index (χ3n) is 5.13. The Bertz CT molecular complexity index is 843.